The van der Waals surface area contributed by atoms with E-state index >= 15 is 0 Å². The number of aromatic nitrogens is 1. The van der Waals surface area contributed by atoms with Crippen LogP contribution in [0.4, 0.5) is 4.39 Å². The Kier molecular flexibility index (Phi) is 2.25. The van der Waals surface area contributed by atoms with Crippen LogP contribution in [0.2, 0.25) is 0 Å². The highest BCUT2D eigenvalue weighted by atomic mass is 19.1. The van der Waals surface area contributed by atoms with Crippen molar-refractivity contribution in [3.05, 3.63) is 47.9 Å². The van der Waals surface area contributed by atoms with Gasteiger partial charge in [-0.05, 0) is 35.9 Å². The molecule has 0 spiro atoms. The molecule has 0 bridgehead atoms. The van der Waals surface area contributed by atoms with Crippen molar-refractivity contribution >= 4 is 5.97 Å². The molecule has 2 N–H and O–H groups in total. The summed E-state index contributed by atoms with van der Waals surface area (Å²) in [6, 6.07) is 7.35. The molecule has 3 nitrogen and oxygen atoms in total. The summed E-state index contributed by atoms with van der Waals surface area (Å²) in [6.45, 7) is 0. The first-order valence-corrected chi connectivity index (χ1v) is 4.34. The fourth-order valence-corrected chi connectivity index (χ4v) is 1.31. The second kappa shape index (κ2) is 3.57. The number of rotatable bonds is 2. The number of nitrogens with one attached hydrogen (secondary N) is 1. The second-order valence-corrected chi connectivity index (χ2v) is 3.11. The Balaban J connectivity index is 2.37. The molecule has 1 aromatic carbocycles. The molecule has 0 unspecified atom stereocenters. The van der Waals surface area contributed by atoms with E-state index in [1.54, 1.807) is 12.1 Å². The summed E-state index contributed by atoms with van der Waals surface area (Å²) in [5, 5.41) is 8.71. The fraction of sp³-hybridized carbons (Fsp3) is 0. The van der Waals surface area contributed by atoms with Gasteiger partial charge in [0.15, 0.2) is 0 Å². The number of carboxylic acid groups (broad SMARTS) is 1. The van der Waals surface area contributed by atoms with Gasteiger partial charge in [-0.15, -0.1) is 0 Å². The Morgan fingerprint density at radius 1 is 1.27 bits per heavy atom. The van der Waals surface area contributed by atoms with Crippen molar-refractivity contribution in [2.24, 2.45) is 0 Å². The van der Waals surface area contributed by atoms with Crippen molar-refractivity contribution in [3.8, 4) is 11.3 Å². The minimum atomic E-state index is -0.986. The highest BCUT2D eigenvalue weighted by Gasteiger charge is 2.06. The molecule has 0 aliphatic carbocycles. The highest BCUT2D eigenvalue weighted by Crippen LogP contribution is 2.19. The van der Waals surface area contributed by atoms with Crippen molar-refractivity contribution in [1.29, 1.82) is 0 Å². The molecule has 2 aromatic rings. The minimum Gasteiger partial charge on any atom is -0.478 e. The number of aromatic amines is 1. The molecule has 0 amide bonds. The normalized spacial score (nSPS) is 10.2. The van der Waals surface area contributed by atoms with Gasteiger partial charge in [-0.25, -0.2) is 9.18 Å². The summed E-state index contributed by atoms with van der Waals surface area (Å²) in [6.07, 6.45) is 1.40. The Labute approximate surface area is 85.2 Å². The third-order valence-corrected chi connectivity index (χ3v) is 2.09. The van der Waals surface area contributed by atoms with Crippen LogP contribution >= 0.6 is 0 Å². The highest BCUT2D eigenvalue weighted by molar-refractivity contribution is 5.89. The monoisotopic (exact) mass is 205 g/mol. The van der Waals surface area contributed by atoms with Gasteiger partial charge in [-0.3, -0.25) is 0 Å². The summed E-state index contributed by atoms with van der Waals surface area (Å²) in [7, 11) is 0. The Hall–Kier alpha value is -2.10. The number of hydrogen-bond donors (Lipinski definition) is 2. The van der Waals surface area contributed by atoms with Crippen LogP contribution in [-0.2, 0) is 0 Å². The number of benzene rings is 1. The van der Waals surface area contributed by atoms with Crippen LogP contribution in [-0.4, -0.2) is 16.1 Å². The molecule has 0 saturated heterocycles. The Morgan fingerprint density at radius 2 is 1.93 bits per heavy atom. The average Bonchev–Trinajstić information content (AvgIpc) is 2.68. The second-order valence-electron chi connectivity index (χ2n) is 3.11. The summed E-state index contributed by atoms with van der Waals surface area (Å²) < 4.78 is 12.6. The molecule has 0 radical (unpaired) electrons. The molecule has 0 fully saturated rings. The van der Waals surface area contributed by atoms with Gasteiger partial charge in [0.05, 0.1) is 5.56 Å². The lowest BCUT2D eigenvalue weighted by Crippen LogP contribution is -1.91. The van der Waals surface area contributed by atoms with Crippen LogP contribution in [0.1, 0.15) is 10.4 Å². The molecule has 4 heteroatoms. The molecule has 0 atom stereocenters. The number of aromatic carboxylic acids is 1. The van der Waals surface area contributed by atoms with Gasteiger partial charge in [-0.2, -0.15) is 0 Å². The van der Waals surface area contributed by atoms with Crippen molar-refractivity contribution < 1.29 is 14.3 Å². The van der Waals surface area contributed by atoms with Crippen LogP contribution in [0.5, 0.6) is 0 Å². The smallest absolute Gasteiger partial charge is 0.337 e. The molecule has 15 heavy (non-hydrogen) atoms. The third-order valence-electron chi connectivity index (χ3n) is 2.09. The van der Waals surface area contributed by atoms with E-state index in [9.17, 15) is 9.18 Å². The Bertz CT molecular complexity index is 488. The maximum absolute atomic E-state index is 12.6. The predicted octanol–water partition coefficient (Wildman–Crippen LogP) is 2.52. The molecule has 1 aromatic heterocycles. The van der Waals surface area contributed by atoms with Crippen LogP contribution in [0.15, 0.2) is 36.5 Å². The molecule has 1 heterocycles. The van der Waals surface area contributed by atoms with Gasteiger partial charge < -0.3 is 10.1 Å². The molecule has 0 aliphatic rings. The topological polar surface area (TPSA) is 53.1 Å². The lowest BCUT2D eigenvalue weighted by atomic mass is 10.1. The van der Waals surface area contributed by atoms with Crippen molar-refractivity contribution in [1.82, 2.24) is 4.98 Å². The number of H-pyrrole nitrogens is 1. The first kappa shape index (κ1) is 9.45. The standard InChI is InChI=1S/C11H8FNO2/c12-9-3-1-7(2-4-9)10-5-8(6-13-10)11(14)15/h1-6,13H,(H,14,15). The number of carboxylic acids is 1. The van der Waals surface area contributed by atoms with Gasteiger partial charge in [0, 0.05) is 11.9 Å². The van der Waals surface area contributed by atoms with Crippen molar-refractivity contribution in [2.45, 2.75) is 0 Å². The van der Waals surface area contributed by atoms with Gasteiger partial charge in [0.25, 0.3) is 0 Å². The summed E-state index contributed by atoms with van der Waals surface area (Å²) in [5.41, 5.74) is 1.60. The molecule has 76 valence electrons. The van der Waals surface area contributed by atoms with E-state index in [-0.39, 0.29) is 11.4 Å². The quantitative estimate of drug-likeness (QED) is 0.791. The summed E-state index contributed by atoms with van der Waals surface area (Å²) >= 11 is 0. The minimum absolute atomic E-state index is 0.189. The van der Waals surface area contributed by atoms with Crippen LogP contribution in [0.25, 0.3) is 11.3 Å². The summed E-state index contributed by atoms with van der Waals surface area (Å²) in [5.74, 6) is -1.30. The number of hydrogen-bond acceptors (Lipinski definition) is 1. The Morgan fingerprint density at radius 3 is 2.47 bits per heavy atom. The SMILES string of the molecule is O=C(O)c1c[nH]c(-c2ccc(F)cc2)c1. The van der Waals surface area contributed by atoms with E-state index in [1.165, 1.54) is 24.4 Å². The van der Waals surface area contributed by atoms with Gasteiger partial charge in [-0.1, -0.05) is 0 Å². The zero-order chi connectivity index (χ0) is 10.8. The van der Waals surface area contributed by atoms with Gasteiger partial charge in [0.2, 0.25) is 0 Å². The van der Waals surface area contributed by atoms with E-state index in [0.29, 0.717) is 5.69 Å². The predicted molar refractivity (Wildman–Crippen MR) is 53.1 cm³/mol. The van der Waals surface area contributed by atoms with E-state index in [0.717, 1.165) is 5.56 Å². The van der Waals surface area contributed by atoms with Crippen molar-refractivity contribution in [2.75, 3.05) is 0 Å². The fourth-order valence-electron chi connectivity index (χ4n) is 1.31. The largest absolute Gasteiger partial charge is 0.478 e. The molecular weight excluding hydrogens is 197 g/mol. The van der Waals surface area contributed by atoms with Crippen LogP contribution in [0, 0.1) is 5.82 Å². The zero-order valence-electron chi connectivity index (χ0n) is 7.70. The summed E-state index contributed by atoms with van der Waals surface area (Å²) in [4.78, 5) is 13.4. The average molecular weight is 205 g/mol. The van der Waals surface area contributed by atoms with E-state index in [2.05, 4.69) is 4.98 Å². The first-order chi connectivity index (χ1) is 7.16. The number of carbonyl (C=O) groups is 1. The molecule has 0 saturated carbocycles. The molecular formula is C11H8FNO2. The number of halogens is 1. The van der Waals surface area contributed by atoms with E-state index in [1.807, 2.05) is 0 Å². The van der Waals surface area contributed by atoms with E-state index in [4.69, 9.17) is 5.11 Å². The van der Waals surface area contributed by atoms with Crippen LogP contribution < -0.4 is 0 Å². The maximum Gasteiger partial charge on any atom is 0.337 e. The zero-order valence-corrected chi connectivity index (χ0v) is 7.70. The molecule has 2 rings (SSSR count). The van der Waals surface area contributed by atoms with E-state index < -0.39 is 5.97 Å². The van der Waals surface area contributed by atoms with Crippen LogP contribution in [0.3, 0.4) is 0 Å². The lowest BCUT2D eigenvalue weighted by Gasteiger charge is -1.96. The van der Waals surface area contributed by atoms with Gasteiger partial charge in [0.1, 0.15) is 5.82 Å². The third kappa shape index (κ3) is 1.88. The first-order valence-electron chi connectivity index (χ1n) is 4.34. The van der Waals surface area contributed by atoms with Crippen molar-refractivity contribution in [3.63, 3.8) is 0 Å². The molecule has 0 aliphatic heterocycles. The lowest BCUT2D eigenvalue weighted by molar-refractivity contribution is 0.0697. The maximum atomic E-state index is 12.6. The van der Waals surface area contributed by atoms with Gasteiger partial charge >= 0.3 is 5.97 Å².